The lowest BCUT2D eigenvalue weighted by Gasteiger charge is -2.15. The highest BCUT2D eigenvalue weighted by molar-refractivity contribution is 5.93. The summed E-state index contributed by atoms with van der Waals surface area (Å²) < 4.78 is 5.41. The van der Waals surface area contributed by atoms with Crippen molar-refractivity contribution >= 4 is 11.7 Å². The van der Waals surface area contributed by atoms with Gasteiger partial charge < -0.3 is 15.2 Å². The highest BCUT2D eigenvalue weighted by atomic mass is 16.5. The first-order valence-corrected chi connectivity index (χ1v) is 7.65. The fraction of sp³-hybridized carbons (Fsp3) is 0.625. The Morgan fingerprint density at radius 1 is 1.38 bits per heavy atom. The molecule has 114 valence electrons. The van der Waals surface area contributed by atoms with E-state index in [0.29, 0.717) is 23.5 Å². The van der Waals surface area contributed by atoms with Gasteiger partial charge in [-0.1, -0.05) is 6.07 Å². The molecule has 1 aromatic heterocycles. The fourth-order valence-electron chi connectivity index (χ4n) is 3.09. The van der Waals surface area contributed by atoms with Gasteiger partial charge in [-0.15, -0.1) is 0 Å². The lowest BCUT2D eigenvalue weighted by molar-refractivity contribution is -0.117. The van der Waals surface area contributed by atoms with Gasteiger partial charge in [0.2, 0.25) is 5.91 Å². The van der Waals surface area contributed by atoms with Crippen molar-refractivity contribution in [1.82, 2.24) is 4.98 Å². The first kappa shape index (κ1) is 14.5. The molecule has 0 aliphatic heterocycles. The van der Waals surface area contributed by atoms with E-state index >= 15 is 0 Å². The van der Waals surface area contributed by atoms with Gasteiger partial charge in [0.25, 0.3) is 0 Å². The number of nitrogens with zero attached hydrogens (tertiary/aromatic N) is 1. The normalized spacial score (nSPS) is 25.0. The summed E-state index contributed by atoms with van der Waals surface area (Å²) in [5, 5.41) is 12.4. The summed E-state index contributed by atoms with van der Waals surface area (Å²) in [5.41, 5.74) is 1.76. The van der Waals surface area contributed by atoms with Crippen molar-refractivity contribution in [3.05, 3.63) is 23.4 Å². The van der Waals surface area contributed by atoms with Crippen molar-refractivity contribution in [3.8, 4) is 0 Å². The van der Waals surface area contributed by atoms with Crippen LogP contribution >= 0.6 is 0 Å². The summed E-state index contributed by atoms with van der Waals surface area (Å²) in [6, 6.07) is 3.83. The molecule has 21 heavy (non-hydrogen) atoms. The minimum atomic E-state index is -0.101. The molecule has 5 nitrogen and oxygen atoms in total. The summed E-state index contributed by atoms with van der Waals surface area (Å²) in [6.07, 6.45) is 5.32. The third-order valence-corrected chi connectivity index (χ3v) is 4.52. The van der Waals surface area contributed by atoms with E-state index in [0.717, 1.165) is 37.7 Å². The number of carbonyl (C=O) groups excluding carboxylic acids is 1. The van der Waals surface area contributed by atoms with Crippen LogP contribution in [-0.4, -0.2) is 29.2 Å². The van der Waals surface area contributed by atoms with E-state index in [9.17, 15) is 9.90 Å². The van der Waals surface area contributed by atoms with Crippen LogP contribution in [0.5, 0.6) is 0 Å². The number of aromatic nitrogens is 1. The molecular weight excluding hydrogens is 268 g/mol. The Kier molecular flexibility index (Phi) is 4.22. The SMILES string of the molecule is COC1CCC(c2ccc(NC(=O)C3CC3)nc2CO)C1. The van der Waals surface area contributed by atoms with E-state index in [2.05, 4.69) is 10.3 Å². The summed E-state index contributed by atoms with van der Waals surface area (Å²) in [4.78, 5) is 16.2. The van der Waals surface area contributed by atoms with Gasteiger partial charge >= 0.3 is 0 Å². The average Bonchev–Trinajstić information content (AvgIpc) is 3.25. The van der Waals surface area contributed by atoms with Gasteiger partial charge in [-0.25, -0.2) is 4.98 Å². The van der Waals surface area contributed by atoms with E-state index in [1.807, 2.05) is 12.1 Å². The number of carbonyl (C=O) groups is 1. The summed E-state index contributed by atoms with van der Waals surface area (Å²) >= 11 is 0. The molecule has 1 heterocycles. The van der Waals surface area contributed by atoms with E-state index in [1.165, 1.54) is 0 Å². The van der Waals surface area contributed by atoms with Gasteiger partial charge in [-0.2, -0.15) is 0 Å². The maximum Gasteiger partial charge on any atom is 0.228 e. The molecule has 2 aliphatic carbocycles. The van der Waals surface area contributed by atoms with Gasteiger partial charge in [0, 0.05) is 13.0 Å². The summed E-state index contributed by atoms with van der Waals surface area (Å²) in [5.74, 6) is 1.12. The zero-order valence-corrected chi connectivity index (χ0v) is 12.3. The van der Waals surface area contributed by atoms with Crippen LogP contribution in [0.1, 0.15) is 49.3 Å². The maximum absolute atomic E-state index is 11.8. The third-order valence-electron chi connectivity index (χ3n) is 4.52. The fourth-order valence-corrected chi connectivity index (χ4v) is 3.09. The minimum Gasteiger partial charge on any atom is -0.390 e. The Labute approximate surface area is 124 Å². The molecule has 1 aromatic rings. The number of nitrogens with one attached hydrogen (secondary N) is 1. The second kappa shape index (κ2) is 6.12. The largest absolute Gasteiger partial charge is 0.390 e. The highest BCUT2D eigenvalue weighted by Crippen LogP contribution is 2.37. The smallest absolute Gasteiger partial charge is 0.228 e. The number of amides is 1. The zero-order valence-electron chi connectivity index (χ0n) is 12.3. The predicted octanol–water partition coefficient (Wildman–Crippen LogP) is 2.20. The van der Waals surface area contributed by atoms with E-state index in [1.54, 1.807) is 7.11 Å². The van der Waals surface area contributed by atoms with Crippen LogP contribution in [0, 0.1) is 5.92 Å². The second-order valence-corrected chi connectivity index (χ2v) is 6.02. The number of aliphatic hydroxyl groups excluding tert-OH is 1. The number of pyridine rings is 1. The molecule has 5 heteroatoms. The third kappa shape index (κ3) is 3.24. The monoisotopic (exact) mass is 290 g/mol. The molecule has 0 saturated heterocycles. The van der Waals surface area contributed by atoms with Crippen LogP contribution in [0.2, 0.25) is 0 Å². The van der Waals surface area contributed by atoms with Crippen molar-refractivity contribution < 1.29 is 14.6 Å². The van der Waals surface area contributed by atoms with Crippen LogP contribution < -0.4 is 5.32 Å². The molecule has 1 amide bonds. The lowest BCUT2D eigenvalue weighted by atomic mass is 9.96. The lowest BCUT2D eigenvalue weighted by Crippen LogP contribution is -2.15. The van der Waals surface area contributed by atoms with Gasteiger partial charge in [-0.3, -0.25) is 4.79 Å². The number of rotatable bonds is 5. The number of anilines is 1. The number of hydrogen-bond donors (Lipinski definition) is 2. The van der Waals surface area contributed by atoms with Crippen LogP contribution in [0.4, 0.5) is 5.82 Å². The molecule has 2 saturated carbocycles. The molecule has 0 bridgehead atoms. The Morgan fingerprint density at radius 2 is 2.19 bits per heavy atom. The maximum atomic E-state index is 11.8. The molecular formula is C16H22N2O3. The Balaban J connectivity index is 1.74. The second-order valence-electron chi connectivity index (χ2n) is 6.02. The number of methoxy groups -OCH3 is 1. The highest BCUT2D eigenvalue weighted by Gasteiger charge is 2.30. The standard InChI is InChI=1S/C16H22N2O3/c1-21-12-5-4-11(8-12)13-6-7-15(17-14(13)9-19)18-16(20)10-2-3-10/h6-7,10-12,19H,2-5,8-9H2,1H3,(H,17,18,20). The number of aliphatic hydroxyl groups is 1. The summed E-state index contributed by atoms with van der Waals surface area (Å²) in [6.45, 7) is -0.101. The Hall–Kier alpha value is -1.46. The van der Waals surface area contributed by atoms with E-state index in [4.69, 9.17) is 4.74 Å². The van der Waals surface area contributed by atoms with Crippen molar-refractivity contribution in [3.63, 3.8) is 0 Å². The van der Waals surface area contributed by atoms with Gasteiger partial charge in [0.15, 0.2) is 0 Å². The van der Waals surface area contributed by atoms with Crippen LogP contribution in [0.25, 0.3) is 0 Å². The minimum absolute atomic E-state index is 0.0412. The molecule has 2 fully saturated rings. The Morgan fingerprint density at radius 3 is 2.81 bits per heavy atom. The van der Waals surface area contributed by atoms with Gasteiger partial charge in [0.05, 0.1) is 18.4 Å². The molecule has 0 spiro atoms. The average molecular weight is 290 g/mol. The predicted molar refractivity (Wildman–Crippen MR) is 78.9 cm³/mol. The number of ether oxygens (including phenoxy) is 1. The quantitative estimate of drug-likeness (QED) is 0.872. The molecule has 3 rings (SSSR count). The molecule has 2 N–H and O–H groups in total. The van der Waals surface area contributed by atoms with Crippen molar-refractivity contribution in [2.45, 2.75) is 50.7 Å². The van der Waals surface area contributed by atoms with Gasteiger partial charge in [-0.05, 0) is 49.7 Å². The molecule has 2 unspecified atom stereocenters. The number of hydrogen-bond acceptors (Lipinski definition) is 4. The van der Waals surface area contributed by atoms with Gasteiger partial charge in [0.1, 0.15) is 5.82 Å². The zero-order chi connectivity index (χ0) is 14.8. The van der Waals surface area contributed by atoms with Crippen molar-refractivity contribution in [1.29, 1.82) is 0 Å². The molecule has 0 radical (unpaired) electrons. The molecule has 2 aliphatic rings. The Bertz CT molecular complexity index is 528. The van der Waals surface area contributed by atoms with Crippen molar-refractivity contribution in [2.75, 3.05) is 12.4 Å². The van der Waals surface area contributed by atoms with E-state index < -0.39 is 0 Å². The van der Waals surface area contributed by atoms with E-state index in [-0.39, 0.29) is 18.4 Å². The molecule has 0 aromatic carbocycles. The first-order valence-electron chi connectivity index (χ1n) is 7.65. The van der Waals surface area contributed by atoms with Crippen LogP contribution in [-0.2, 0) is 16.1 Å². The first-order chi connectivity index (χ1) is 10.2. The van der Waals surface area contributed by atoms with Crippen LogP contribution in [0.15, 0.2) is 12.1 Å². The summed E-state index contributed by atoms with van der Waals surface area (Å²) in [7, 11) is 1.74. The molecule has 2 atom stereocenters. The van der Waals surface area contributed by atoms with Crippen molar-refractivity contribution in [2.24, 2.45) is 5.92 Å². The topological polar surface area (TPSA) is 71.5 Å². The van der Waals surface area contributed by atoms with Crippen LogP contribution in [0.3, 0.4) is 0 Å².